The van der Waals surface area contributed by atoms with Gasteiger partial charge in [0.15, 0.2) is 0 Å². The van der Waals surface area contributed by atoms with Gasteiger partial charge in [0, 0.05) is 18.1 Å². The zero-order valence-electron chi connectivity index (χ0n) is 9.24. The van der Waals surface area contributed by atoms with Gasteiger partial charge in [-0.1, -0.05) is 28.1 Å². The van der Waals surface area contributed by atoms with E-state index in [1.165, 1.54) is 4.90 Å². The first-order chi connectivity index (χ1) is 8.02. The second-order valence-electron chi connectivity index (χ2n) is 3.47. The molecular weight excluding hydrogens is 307 g/mol. The van der Waals surface area contributed by atoms with Crippen LogP contribution in [-0.2, 0) is 11.3 Å². The van der Waals surface area contributed by atoms with E-state index in [9.17, 15) is 9.59 Å². The number of carbonyl (C=O) groups is 2. The highest BCUT2D eigenvalue weighted by Crippen LogP contribution is 2.11. The Morgan fingerprint density at radius 2 is 1.94 bits per heavy atom. The van der Waals surface area contributed by atoms with Gasteiger partial charge in [-0.3, -0.25) is 10.1 Å². The Labute approximate surface area is 113 Å². The minimum absolute atomic E-state index is 0.224. The third-order valence-corrected chi connectivity index (χ3v) is 2.82. The predicted octanol–water partition coefficient (Wildman–Crippen LogP) is 2.36. The number of rotatable bonds is 3. The molecule has 6 heteroatoms. The fourth-order valence-electron chi connectivity index (χ4n) is 1.18. The molecule has 3 amide bonds. The van der Waals surface area contributed by atoms with E-state index < -0.39 is 11.9 Å². The van der Waals surface area contributed by atoms with Crippen molar-refractivity contribution in [1.29, 1.82) is 0 Å². The Hall–Kier alpha value is -1.07. The highest BCUT2D eigenvalue weighted by molar-refractivity contribution is 9.10. The lowest BCUT2D eigenvalue weighted by Gasteiger charge is -2.17. The lowest BCUT2D eigenvalue weighted by molar-refractivity contribution is -0.117. The molecule has 1 aromatic rings. The first-order valence-corrected chi connectivity index (χ1v) is 6.21. The third-order valence-electron chi connectivity index (χ3n) is 2.05. The molecule has 0 aliphatic rings. The fourth-order valence-corrected chi connectivity index (χ4v) is 1.51. The summed E-state index contributed by atoms with van der Waals surface area (Å²) in [5.74, 6) is -0.725. The first kappa shape index (κ1) is 14.0. The van der Waals surface area contributed by atoms with E-state index in [0.29, 0.717) is 6.54 Å². The summed E-state index contributed by atoms with van der Waals surface area (Å²) >= 11 is 8.62. The molecule has 4 nitrogen and oxygen atoms in total. The largest absolute Gasteiger partial charge is 0.324 e. The third kappa shape index (κ3) is 4.75. The topological polar surface area (TPSA) is 49.4 Å². The molecule has 0 aliphatic heterocycles. The van der Waals surface area contributed by atoms with Crippen molar-refractivity contribution in [1.82, 2.24) is 10.2 Å². The molecule has 0 bridgehead atoms. The average molecular weight is 320 g/mol. The molecule has 0 fully saturated rings. The average Bonchev–Trinajstić information content (AvgIpc) is 2.31. The van der Waals surface area contributed by atoms with Gasteiger partial charge in [0.05, 0.1) is 0 Å². The molecule has 92 valence electrons. The number of carbonyl (C=O) groups excluding carboxylic acids is 2. The summed E-state index contributed by atoms with van der Waals surface area (Å²) in [4.78, 5) is 23.8. The van der Waals surface area contributed by atoms with Crippen LogP contribution in [0, 0.1) is 0 Å². The van der Waals surface area contributed by atoms with E-state index in [1.807, 2.05) is 24.3 Å². The summed E-state index contributed by atoms with van der Waals surface area (Å²) < 4.78 is 0.977. The molecule has 0 saturated heterocycles. The standard InChI is InChI=1S/C11H12BrClN2O2/c1-15(11(17)14-10(16)6-13)7-8-2-4-9(12)5-3-8/h2-5H,6-7H2,1H3,(H,14,16,17). The van der Waals surface area contributed by atoms with Crippen LogP contribution >= 0.6 is 27.5 Å². The minimum atomic E-state index is -0.501. The molecule has 17 heavy (non-hydrogen) atoms. The summed E-state index contributed by atoms with van der Waals surface area (Å²) in [6.45, 7) is 0.425. The zero-order chi connectivity index (χ0) is 12.8. The van der Waals surface area contributed by atoms with Crippen LogP contribution in [0.2, 0.25) is 0 Å². The van der Waals surface area contributed by atoms with Crippen molar-refractivity contribution in [2.75, 3.05) is 12.9 Å². The Kier molecular flexibility index (Phi) is 5.44. The summed E-state index contributed by atoms with van der Waals surface area (Å²) in [6, 6.07) is 7.13. The summed E-state index contributed by atoms with van der Waals surface area (Å²) in [7, 11) is 1.61. The Morgan fingerprint density at radius 3 is 2.47 bits per heavy atom. The van der Waals surface area contributed by atoms with Gasteiger partial charge in [-0.15, -0.1) is 11.6 Å². The molecule has 0 unspecified atom stereocenters. The molecule has 0 aliphatic carbocycles. The minimum Gasteiger partial charge on any atom is -0.323 e. The maximum atomic E-state index is 11.5. The maximum absolute atomic E-state index is 11.5. The van der Waals surface area contributed by atoms with Gasteiger partial charge in [0.2, 0.25) is 5.91 Å². The molecule has 1 N–H and O–H groups in total. The van der Waals surface area contributed by atoms with Gasteiger partial charge in [0.1, 0.15) is 5.88 Å². The lowest BCUT2D eigenvalue weighted by Crippen LogP contribution is -2.40. The SMILES string of the molecule is CN(Cc1ccc(Br)cc1)C(=O)NC(=O)CCl. The van der Waals surface area contributed by atoms with Crippen molar-refractivity contribution in [2.45, 2.75) is 6.54 Å². The Morgan fingerprint density at radius 1 is 1.35 bits per heavy atom. The second-order valence-corrected chi connectivity index (χ2v) is 4.65. The first-order valence-electron chi connectivity index (χ1n) is 4.88. The molecule has 0 saturated carbocycles. The molecule has 0 atom stereocenters. The van der Waals surface area contributed by atoms with Crippen molar-refractivity contribution in [3.8, 4) is 0 Å². The van der Waals surface area contributed by atoms with Crippen LogP contribution < -0.4 is 5.32 Å². The van der Waals surface area contributed by atoms with Crippen molar-refractivity contribution < 1.29 is 9.59 Å². The summed E-state index contributed by atoms with van der Waals surface area (Å²) in [5.41, 5.74) is 0.976. The molecule has 0 radical (unpaired) electrons. The lowest BCUT2D eigenvalue weighted by atomic mass is 10.2. The number of nitrogens with one attached hydrogen (secondary N) is 1. The van der Waals surface area contributed by atoms with Gasteiger partial charge in [-0.25, -0.2) is 4.79 Å². The van der Waals surface area contributed by atoms with E-state index in [-0.39, 0.29) is 5.88 Å². The monoisotopic (exact) mass is 318 g/mol. The van der Waals surface area contributed by atoms with Crippen LogP contribution in [0.5, 0.6) is 0 Å². The quantitative estimate of drug-likeness (QED) is 0.870. The number of nitrogens with zero attached hydrogens (tertiary/aromatic N) is 1. The number of halogens is 2. The van der Waals surface area contributed by atoms with Crippen molar-refractivity contribution in [3.05, 3.63) is 34.3 Å². The number of hydrogen-bond donors (Lipinski definition) is 1. The van der Waals surface area contributed by atoms with Crippen LogP contribution in [0.1, 0.15) is 5.56 Å². The van der Waals surface area contributed by atoms with Gasteiger partial charge in [-0.2, -0.15) is 0 Å². The molecule has 0 heterocycles. The Bertz CT molecular complexity index is 408. The smallest absolute Gasteiger partial charge is 0.323 e. The normalized spacial score (nSPS) is 9.82. The van der Waals surface area contributed by atoms with Crippen molar-refractivity contribution in [2.24, 2.45) is 0 Å². The number of amides is 3. The number of benzene rings is 1. The van der Waals surface area contributed by atoms with Gasteiger partial charge in [-0.05, 0) is 17.7 Å². The van der Waals surface area contributed by atoms with Crippen LogP contribution in [0.4, 0.5) is 4.79 Å². The second kappa shape index (κ2) is 6.61. The highest BCUT2D eigenvalue weighted by atomic mass is 79.9. The van der Waals surface area contributed by atoms with E-state index in [1.54, 1.807) is 7.05 Å². The number of imide groups is 1. The molecule has 0 aromatic heterocycles. The van der Waals surface area contributed by atoms with Gasteiger partial charge in [0.25, 0.3) is 0 Å². The Balaban J connectivity index is 2.54. The van der Waals surface area contributed by atoms with Gasteiger partial charge < -0.3 is 4.90 Å². The van der Waals surface area contributed by atoms with Crippen LogP contribution in [0.3, 0.4) is 0 Å². The predicted molar refractivity (Wildman–Crippen MR) is 69.9 cm³/mol. The van der Waals surface area contributed by atoms with Crippen LogP contribution in [0.15, 0.2) is 28.7 Å². The van der Waals surface area contributed by atoms with Crippen molar-refractivity contribution >= 4 is 39.5 Å². The van der Waals surface area contributed by atoms with E-state index in [4.69, 9.17) is 11.6 Å². The number of hydrogen-bond acceptors (Lipinski definition) is 2. The van der Waals surface area contributed by atoms with E-state index >= 15 is 0 Å². The maximum Gasteiger partial charge on any atom is 0.324 e. The molecule has 1 aromatic carbocycles. The van der Waals surface area contributed by atoms with Crippen LogP contribution in [-0.4, -0.2) is 29.8 Å². The van der Waals surface area contributed by atoms with E-state index in [2.05, 4.69) is 21.2 Å². The summed E-state index contributed by atoms with van der Waals surface area (Å²) in [5, 5.41) is 2.17. The number of alkyl halides is 1. The van der Waals surface area contributed by atoms with Crippen LogP contribution in [0.25, 0.3) is 0 Å². The zero-order valence-corrected chi connectivity index (χ0v) is 11.6. The van der Waals surface area contributed by atoms with Crippen molar-refractivity contribution in [3.63, 3.8) is 0 Å². The molecule has 1 rings (SSSR count). The molecular formula is C11H12BrClN2O2. The fraction of sp³-hybridized carbons (Fsp3) is 0.273. The van der Waals surface area contributed by atoms with Gasteiger partial charge >= 0.3 is 6.03 Å². The highest BCUT2D eigenvalue weighted by Gasteiger charge is 2.11. The molecule has 0 spiro atoms. The van der Waals surface area contributed by atoms with E-state index in [0.717, 1.165) is 10.0 Å². The number of urea groups is 1. The summed E-state index contributed by atoms with van der Waals surface area (Å²) in [6.07, 6.45) is 0.